The molecule has 1 N–H and O–H groups in total. The van der Waals surface area contributed by atoms with Gasteiger partial charge in [0.25, 0.3) is 0 Å². The third-order valence-corrected chi connectivity index (χ3v) is 4.65. The molecule has 14 heavy (non-hydrogen) atoms. The Labute approximate surface area is 90.4 Å². The second-order valence-corrected chi connectivity index (χ2v) is 5.03. The molecule has 0 fully saturated rings. The fourth-order valence-electron chi connectivity index (χ4n) is 2.17. The van der Waals surface area contributed by atoms with E-state index in [9.17, 15) is 0 Å². The zero-order chi connectivity index (χ0) is 10.5. The van der Waals surface area contributed by atoms with Crippen LogP contribution in [0, 0.1) is 27.7 Å². The van der Waals surface area contributed by atoms with Crippen LogP contribution in [0.3, 0.4) is 0 Å². The van der Waals surface area contributed by atoms with Crippen LogP contribution < -0.4 is 4.72 Å². The highest BCUT2D eigenvalue weighted by Crippen LogP contribution is 2.41. The topological polar surface area (TPSA) is 12.0 Å². The number of hydrogen-bond acceptors (Lipinski definition) is 2. The van der Waals surface area contributed by atoms with Gasteiger partial charge in [0.1, 0.15) is 0 Å². The highest BCUT2D eigenvalue weighted by molar-refractivity contribution is 7.97. The van der Waals surface area contributed by atoms with Crippen molar-refractivity contribution in [3.8, 4) is 0 Å². The molecule has 0 amide bonds. The van der Waals surface area contributed by atoms with Crippen molar-refractivity contribution < 1.29 is 0 Å². The van der Waals surface area contributed by atoms with Gasteiger partial charge in [0.15, 0.2) is 0 Å². The predicted octanol–water partition coefficient (Wildman–Crippen LogP) is 3.59. The molecular weight excluding hydrogens is 190 g/mol. The predicted molar refractivity (Wildman–Crippen MR) is 62.8 cm³/mol. The molecule has 0 bridgehead atoms. The van der Waals surface area contributed by atoms with Gasteiger partial charge in [0.05, 0.1) is 0 Å². The van der Waals surface area contributed by atoms with E-state index in [1.165, 1.54) is 32.7 Å². The Morgan fingerprint density at radius 1 is 0.929 bits per heavy atom. The lowest BCUT2D eigenvalue weighted by Crippen LogP contribution is -2.05. The molecule has 2 rings (SSSR count). The van der Waals surface area contributed by atoms with Crippen molar-refractivity contribution in [2.75, 3.05) is 0 Å². The van der Waals surface area contributed by atoms with Crippen molar-refractivity contribution >= 4 is 11.9 Å². The van der Waals surface area contributed by atoms with E-state index < -0.39 is 0 Å². The summed E-state index contributed by atoms with van der Waals surface area (Å²) in [7, 11) is 0. The third-order valence-electron chi connectivity index (χ3n) is 3.45. The fourth-order valence-corrected chi connectivity index (χ4v) is 3.32. The molecule has 76 valence electrons. The molecule has 1 heterocycles. The summed E-state index contributed by atoms with van der Waals surface area (Å²) in [5, 5.41) is 0. The van der Waals surface area contributed by atoms with Gasteiger partial charge in [-0.05, 0) is 74.4 Å². The zero-order valence-electron chi connectivity index (χ0n) is 9.49. The smallest absolute Gasteiger partial charge is 0.0411 e. The molecule has 1 aromatic rings. The Balaban J connectivity index is 2.77. The SMILES string of the molecule is Cc1c(C)c(C)c2c(c1C)SNC2C. The van der Waals surface area contributed by atoms with Gasteiger partial charge in [0, 0.05) is 10.9 Å². The number of hydrogen-bond donors (Lipinski definition) is 1. The monoisotopic (exact) mass is 207 g/mol. The van der Waals surface area contributed by atoms with Gasteiger partial charge in [0.2, 0.25) is 0 Å². The summed E-state index contributed by atoms with van der Waals surface area (Å²) in [6.07, 6.45) is 0. The number of fused-ring (bicyclic) bond motifs is 1. The van der Waals surface area contributed by atoms with Crippen molar-refractivity contribution in [2.24, 2.45) is 0 Å². The molecule has 0 saturated carbocycles. The number of benzene rings is 1. The summed E-state index contributed by atoms with van der Waals surface area (Å²) in [5.74, 6) is 0. The van der Waals surface area contributed by atoms with Gasteiger partial charge in [-0.3, -0.25) is 4.72 Å². The minimum Gasteiger partial charge on any atom is -0.253 e. The fraction of sp³-hybridized carbons (Fsp3) is 0.500. The van der Waals surface area contributed by atoms with Crippen LogP contribution in [0.15, 0.2) is 4.90 Å². The average Bonchev–Trinajstić information content (AvgIpc) is 2.54. The van der Waals surface area contributed by atoms with Gasteiger partial charge in [-0.2, -0.15) is 0 Å². The van der Waals surface area contributed by atoms with Crippen LogP contribution in [0.5, 0.6) is 0 Å². The van der Waals surface area contributed by atoms with Crippen molar-refractivity contribution in [3.63, 3.8) is 0 Å². The van der Waals surface area contributed by atoms with E-state index in [0.717, 1.165) is 0 Å². The molecule has 2 heteroatoms. The maximum absolute atomic E-state index is 3.44. The lowest BCUT2D eigenvalue weighted by Gasteiger charge is -2.15. The number of nitrogens with one attached hydrogen (secondary N) is 1. The summed E-state index contributed by atoms with van der Waals surface area (Å²) in [6.45, 7) is 11.2. The van der Waals surface area contributed by atoms with Crippen LogP contribution in [-0.4, -0.2) is 0 Å². The van der Waals surface area contributed by atoms with Crippen LogP contribution in [-0.2, 0) is 0 Å². The largest absolute Gasteiger partial charge is 0.253 e. The van der Waals surface area contributed by atoms with E-state index >= 15 is 0 Å². The standard InChI is InChI=1S/C12H17NS/c1-6-7(2)9(4)12-11(8(6)3)10(5)13-14-12/h10,13H,1-5H3. The van der Waals surface area contributed by atoms with Gasteiger partial charge in [-0.15, -0.1) is 0 Å². The van der Waals surface area contributed by atoms with E-state index in [1.807, 2.05) is 0 Å². The van der Waals surface area contributed by atoms with Crippen molar-refractivity contribution in [1.82, 2.24) is 4.72 Å². The molecule has 1 atom stereocenters. The Bertz CT molecular complexity index is 396. The highest BCUT2D eigenvalue weighted by Gasteiger charge is 2.25. The second-order valence-electron chi connectivity index (χ2n) is 4.18. The van der Waals surface area contributed by atoms with Crippen LogP contribution in [0.2, 0.25) is 0 Å². The maximum Gasteiger partial charge on any atom is 0.0411 e. The molecule has 1 aliphatic rings. The van der Waals surface area contributed by atoms with Gasteiger partial charge >= 0.3 is 0 Å². The summed E-state index contributed by atoms with van der Waals surface area (Å²) in [6, 6.07) is 0.494. The zero-order valence-corrected chi connectivity index (χ0v) is 10.3. The lowest BCUT2D eigenvalue weighted by molar-refractivity contribution is 0.754. The van der Waals surface area contributed by atoms with Gasteiger partial charge in [-0.25, -0.2) is 0 Å². The van der Waals surface area contributed by atoms with Crippen molar-refractivity contribution in [1.29, 1.82) is 0 Å². The summed E-state index contributed by atoms with van der Waals surface area (Å²) in [4.78, 5) is 1.46. The van der Waals surface area contributed by atoms with Crippen LogP contribution in [0.1, 0.15) is 40.8 Å². The number of rotatable bonds is 0. The summed E-state index contributed by atoms with van der Waals surface area (Å²) in [5.41, 5.74) is 7.33. The van der Waals surface area contributed by atoms with Crippen LogP contribution >= 0.6 is 11.9 Å². The summed E-state index contributed by atoms with van der Waals surface area (Å²) < 4.78 is 3.44. The van der Waals surface area contributed by atoms with E-state index in [1.54, 1.807) is 11.9 Å². The first-order valence-corrected chi connectivity index (χ1v) is 5.88. The van der Waals surface area contributed by atoms with Gasteiger partial charge < -0.3 is 0 Å². The van der Waals surface area contributed by atoms with E-state index in [4.69, 9.17) is 0 Å². The quantitative estimate of drug-likeness (QED) is 0.652. The Morgan fingerprint density at radius 3 is 2.14 bits per heavy atom. The molecule has 0 saturated heterocycles. The van der Waals surface area contributed by atoms with Gasteiger partial charge in [-0.1, -0.05) is 0 Å². The van der Waals surface area contributed by atoms with E-state index in [2.05, 4.69) is 39.3 Å². The molecule has 1 unspecified atom stereocenters. The first kappa shape index (κ1) is 10.1. The Kier molecular flexibility index (Phi) is 2.36. The summed E-state index contributed by atoms with van der Waals surface area (Å²) >= 11 is 1.79. The van der Waals surface area contributed by atoms with Crippen molar-refractivity contribution in [3.05, 3.63) is 27.8 Å². The maximum atomic E-state index is 3.44. The lowest BCUT2D eigenvalue weighted by atomic mass is 9.92. The molecule has 0 aliphatic carbocycles. The van der Waals surface area contributed by atoms with Crippen LogP contribution in [0.4, 0.5) is 0 Å². The van der Waals surface area contributed by atoms with E-state index in [0.29, 0.717) is 6.04 Å². The molecule has 1 aliphatic heterocycles. The molecule has 0 aromatic heterocycles. The van der Waals surface area contributed by atoms with Crippen LogP contribution in [0.25, 0.3) is 0 Å². The first-order valence-electron chi connectivity index (χ1n) is 5.06. The second kappa shape index (κ2) is 3.28. The average molecular weight is 207 g/mol. The van der Waals surface area contributed by atoms with E-state index in [-0.39, 0.29) is 0 Å². The normalized spacial score (nSPS) is 19.9. The molecular formula is C12H17NS. The molecule has 0 radical (unpaired) electrons. The minimum atomic E-state index is 0.494. The Hall–Kier alpha value is -0.470. The third kappa shape index (κ3) is 1.21. The highest BCUT2D eigenvalue weighted by atomic mass is 32.2. The molecule has 1 aromatic carbocycles. The Morgan fingerprint density at radius 2 is 1.50 bits per heavy atom. The molecule has 1 nitrogen and oxygen atoms in total. The van der Waals surface area contributed by atoms with Crippen molar-refractivity contribution in [2.45, 2.75) is 45.6 Å². The minimum absolute atomic E-state index is 0.494. The first-order chi connectivity index (χ1) is 6.54. The molecule has 0 spiro atoms.